The second kappa shape index (κ2) is 9.19. The number of rotatable bonds is 4. The Morgan fingerprint density at radius 1 is 0.969 bits per heavy atom. The van der Waals surface area contributed by atoms with Crippen molar-refractivity contribution >= 4 is 17.7 Å². The molecule has 0 aliphatic carbocycles. The number of piperazine rings is 1. The zero-order chi connectivity index (χ0) is 22.8. The monoisotopic (exact) mass is 451 g/mol. The van der Waals surface area contributed by atoms with Crippen molar-refractivity contribution < 1.29 is 27.4 Å². The van der Waals surface area contributed by atoms with E-state index in [0.29, 0.717) is 38.3 Å². The lowest BCUT2D eigenvalue weighted by Crippen LogP contribution is -2.49. The number of aryl methyl sites for hydroxylation is 1. The van der Waals surface area contributed by atoms with Gasteiger partial charge < -0.3 is 24.2 Å². The smallest absolute Gasteiger partial charge is 0.257 e. The zero-order valence-electron chi connectivity index (χ0n) is 17.9. The molecule has 0 radical (unpaired) electrons. The number of amides is 1. The molecule has 0 spiro atoms. The van der Waals surface area contributed by atoms with Gasteiger partial charge in [-0.1, -0.05) is 0 Å². The summed E-state index contributed by atoms with van der Waals surface area (Å²) in [5.41, 5.74) is 0.265. The number of hydrogen-bond donors (Lipinski definition) is 0. The Hall–Kier alpha value is -3.08. The molecule has 0 unspecified atom stereocenters. The number of benzene rings is 1. The van der Waals surface area contributed by atoms with Crippen molar-refractivity contribution in [3.05, 3.63) is 40.8 Å². The molecule has 8 nitrogen and oxygen atoms in total. The van der Waals surface area contributed by atoms with E-state index in [-0.39, 0.29) is 13.1 Å². The predicted molar refractivity (Wildman–Crippen MR) is 111 cm³/mol. The van der Waals surface area contributed by atoms with Gasteiger partial charge in [-0.3, -0.25) is 4.79 Å². The zero-order valence-corrected chi connectivity index (χ0v) is 17.9. The van der Waals surface area contributed by atoms with E-state index in [1.54, 1.807) is 0 Å². The van der Waals surface area contributed by atoms with E-state index >= 15 is 0 Å². The first-order valence-electron chi connectivity index (χ1n) is 10.3. The molecule has 32 heavy (non-hydrogen) atoms. The summed E-state index contributed by atoms with van der Waals surface area (Å²) < 4.78 is 52.0. The summed E-state index contributed by atoms with van der Waals surface area (Å²) in [5.74, 6) is -4.26. The summed E-state index contributed by atoms with van der Waals surface area (Å²) >= 11 is 0. The van der Waals surface area contributed by atoms with Crippen LogP contribution in [0, 0.1) is 24.4 Å². The van der Waals surface area contributed by atoms with Crippen LogP contribution in [0.4, 0.5) is 24.9 Å². The highest BCUT2D eigenvalue weighted by atomic mass is 19.2. The van der Waals surface area contributed by atoms with E-state index < -0.39 is 34.7 Å². The Balaban J connectivity index is 1.47. The van der Waals surface area contributed by atoms with Crippen LogP contribution in [-0.4, -0.2) is 80.4 Å². The number of anilines is 2. The maximum Gasteiger partial charge on any atom is 0.257 e. The van der Waals surface area contributed by atoms with Gasteiger partial charge in [-0.15, -0.1) is 0 Å². The minimum atomic E-state index is -1.46. The van der Waals surface area contributed by atoms with E-state index in [4.69, 9.17) is 4.74 Å². The number of hydrogen-bond acceptors (Lipinski definition) is 7. The first kappa shape index (κ1) is 22.1. The third-order valence-electron chi connectivity index (χ3n) is 5.56. The minimum Gasteiger partial charge on any atom is -0.491 e. The van der Waals surface area contributed by atoms with E-state index in [2.05, 4.69) is 19.6 Å². The minimum absolute atomic E-state index is 0.254. The fourth-order valence-corrected chi connectivity index (χ4v) is 3.83. The van der Waals surface area contributed by atoms with Gasteiger partial charge in [-0.2, -0.15) is 9.37 Å². The Bertz CT molecular complexity index is 1010. The Kier molecular flexibility index (Phi) is 6.35. The lowest BCUT2D eigenvalue weighted by molar-refractivity contribution is 0.0739. The molecule has 2 aliphatic rings. The summed E-state index contributed by atoms with van der Waals surface area (Å²) in [6, 6.07) is 2.49. The molecular weight excluding hydrogens is 427 g/mol. The molecule has 1 aromatic carbocycles. The predicted octanol–water partition coefficient (Wildman–Crippen LogP) is 2.01. The fourth-order valence-electron chi connectivity index (χ4n) is 3.83. The van der Waals surface area contributed by atoms with Crippen LogP contribution in [0.25, 0.3) is 0 Å². The average Bonchev–Trinajstić information content (AvgIpc) is 2.81. The van der Waals surface area contributed by atoms with E-state index in [1.807, 2.05) is 17.9 Å². The number of nitrogens with zero attached hydrogens (tertiary/aromatic N) is 5. The highest BCUT2D eigenvalue weighted by Gasteiger charge is 2.29. The van der Waals surface area contributed by atoms with Gasteiger partial charge >= 0.3 is 0 Å². The topological polar surface area (TPSA) is 71.0 Å². The second-order valence-electron chi connectivity index (χ2n) is 7.61. The largest absolute Gasteiger partial charge is 0.491 e. The van der Waals surface area contributed by atoms with E-state index in [0.717, 1.165) is 31.7 Å². The first-order chi connectivity index (χ1) is 15.4. The molecule has 0 N–H and O–H groups in total. The Labute approximate surface area is 183 Å². The number of carbonyl (C=O) groups is 1. The molecule has 11 heteroatoms. The Morgan fingerprint density at radius 3 is 2.31 bits per heavy atom. The molecule has 0 saturated carbocycles. The first-order valence-corrected chi connectivity index (χ1v) is 10.3. The fraction of sp³-hybridized carbons (Fsp3) is 0.476. The molecule has 4 rings (SSSR count). The third-order valence-corrected chi connectivity index (χ3v) is 5.56. The molecule has 2 saturated heterocycles. The van der Waals surface area contributed by atoms with Crippen LogP contribution in [0.3, 0.4) is 0 Å². The molecule has 2 aromatic rings. The standard InChI is InChI=1S/C21H24F3N5O3/c1-13-11-16(27-7-9-32-10-8-27)26-21(25-13)29-5-3-28(4-6-29)20(30)14-12-15(22)18(24)19(31-2)17(14)23/h11-12H,3-10H2,1-2H3. The van der Waals surface area contributed by atoms with Crippen LogP contribution in [0.5, 0.6) is 5.75 Å². The molecular formula is C21H24F3N5O3. The molecule has 172 valence electrons. The summed E-state index contributed by atoms with van der Waals surface area (Å²) in [5, 5.41) is 0. The number of aromatic nitrogens is 2. The van der Waals surface area contributed by atoms with E-state index in [9.17, 15) is 18.0 Å². The maximum absolute atomic E-state index is 14.5. The number of carbonyl (C=O) groups excluding carboxylic acids is 1. The highest BCUT2D eigenvalue weighted by Crippen LogP contribution is 2.28. The molecule has 2 fully saturated rings. The molecule has 3 heterocycles. The van der Waals surface area contributed by atoms with Crippen molar-refractivity contribution in [1.29, 1.82) is 0 Å². The van der Waals surface area contributed by atoms with Gasteiger partial charge in [0, 0.05) is 51.0 Å². The Morgan fingerprint density at radius 2 is 1.66 bits per heavy atom. The van der Waals surface area contributed by atoms with Crippen molar-refractivity contribution in [1.82, 2.24) is 14.9 Å². The number of methoxy groups -OCH3 is 1. The van der Waals surface area contributed by atoms with Crippen molar-refractivity contribution in [2.24, 2.45) is 0 Å². The van der Waals surface area contributed by atoms with Crippen molar-refractivity contribution in [3.8, 4) is 5.75 Å². The van der Waals surface area contributed by atoms with Crippen molar-refractivity contribution in [3.63, 3.8) is 0 Å². The van der Waals surface area contributed by atoms with Crippen LogP contribution >= 0.6 is 0 Å². The average molecular weight is 451 g/mol. The van der Waals surface area contributed by atoms with Gasteiger partial charge in [-0.25, -0.2) is 13.8 Å². The van der Waals surface area contributed by atoms with Gasteiger partial charge in [0.05, 0.1) is 25.9 Å². The van der Waals surface area contributed by atoms with Crippen LogP contribution in [0.2, 0.25) is 0 Å². The quantitative estimate of drug-likeness (QED) is 0.659. The third kappa shape index (κ3) is 4.29. The summed E-state index contributed by atoms with van der Waals surface area (Å²) in [7, 11) is 1.01. The van der Waals surface area contributed by atoms with Gasteiger partial charge in [0.15, 0.2) is 17.4 Å². The molecule has 1 amide bonds. The molecule has 2 aliphatic heterocycles. The summed E-state index contributed by atoms with van der Waals surface area (Å²) in [6.45, 7) is 6.03. The lowest BCUT2D eigenvalue weighted by Gasteiger charge is -2.35. The van der Waals surface area contributed by atoms with Gasteiger partial charge in [0.2, 0.25) is 11.8 Å². The summed E-state index contributed by atoms with van der Waals surface area (Å²) in [6.07, 6.45) is 0. The maximum atomic E-state index is 14.5. The number of halogens is 3. The van der Waals surface area contributed by atoms with E-state index in [1.165, 1.54) is 4.90 Å². The van der Waals surface area contributed by atoms with Crippen LogP contribution < -0.4 is 14.5 Å². The highest BCUT2D eigenvalue weighted by molar-refractivity contribution is 5.95. The SMILES string of the molecule is COc1c(F)c(F)cc(C(=O)N2CCN(c3nc(C)cc(N4CCOCC4)n3)CC2)c1F. The van der Waals surface area contributed by atoms with Crippen molar-refractivity contribution in [2.75, 3.05) is 69.4 Å². The molecule has 0 atom stereocenters. The number of morpholine rings is 1. The molecule has 0 bridgehead atoms. The van der Waals surface area contributed by atoms with Gasteiger partial charge in [-0.05, 0) is 13.0 Å². The lowest BCUT2D eigenvalue weighted by atomic mass is 10.1. The van der Waals surface area contributed by atoms with Gasteiger partial charge in [0.1, 0.15) is 5.82 Å². The van der Waals surface area contributed by atoms with Crippen LogP contribution in [0.1, 0.15) is 16.1 Å². The van der Waals surface area contributed by atoms with Crippen LogP contribution in [0.15, 0.2) is 12.1 Å². The second-order valence-corrected chi connectivity index (χ2v) is 7.61. The normalized spacial score (nSPS) is 17.0. The summed E-state index contributed by atoms with van der Waals surface area (Å²) in [4.78, 5) is 27.5. The van der Waals surface area contributed by atoms with Crippen LogP contribution in [-0.2, 0) is 4.74 Å². The van der Waals surface area contributed by atoms with Crippen molar-refractivity contribution in [2.45, 2.75) is 6.92 Å². The van der Waals surface area contributed by atoms with Gasteiger partial charge in [0.25, 0.3) is 5.91 Å². The number of ether oxygens (including phenoxy) is 2. The molecule has 1 aromatic heterocycles.